The SMILES string of the molecule is Nc1c(Oc2ccc(Cl)cc2Cl)cc(Cl)c(Cl)c1S(=O)(=O)O. The highest BCUT2D eigenvalue weighted by atomic mass is 35.5. The van der Waals surface area contributed by atoms with Crippen molar-refractivity contribution in [1.29, 1.82) is 0 Å². The molecule has 0 saturated carbocycles. The van der Waals surface area contributed by atoms with E-state index >= 15 is 0 Å². The first kappa shape index (κ1) is 17.5. The molecule has 0 radical (unpaired) electrons. The summed E-state index contributed by atoms with van der Waals surface area (Å²) in [4.78, 5) is -0.734. The van der Waals surface area contributed by atoms with Crippen molar-refractivity contribution in [3.05, 3.63) is 44.4 Å². The van der Waals surface area contributed by atoms with E-state index in [1.807, 2.05) is 0 Å². The molecule has 2 rings (SSSR count). The Hall–Kier alpha value is -0.890. The summed E-state index contributed by atoms with van der Waals surface area (Å²) in [5.74, 6) is 0.0312. The molecular weight excluding hydrogens is 396 g/mol. The van der Waals surface area contributed by atoms with E-state index in [0.717, 1.165) is 0 Å². The topological polar surface area (TPSA) is 89.6 Å². The van der Waals surface area contributed by atoms with Gasteiger partial charge in [0.2, 0.25) is 0 Å². The van der Waals surface area contributed by atoms with Gasteiger partial charge in [-0.05, 0) is 18.2 Å². The molecule has 22 heavy (non-hydrogen) atoms. The van der Waals surface area contributed by atoms with Gasteiger partial charge >= 0.3 is 0 Å². The minimum Gasteiger partial charge on any atom is -0.454 e. The molecule has 0 aliphatic heterocycles. The van der Waals surface area contributed by atoms with Crippen LogP contribution in [-0.2, 0) is 10.1 Å². The van der Waals surface area contributed by atoms with Crippen LogP contribution in [0.15, 0.2) is 29.2 Å². The quantitative estimate of drug-likeness (QED) is 0.561. The van der Waals surface area contributed by atoms with Crippen molar-refractivity contribution in [2.75, 3.05) is 5.73 Å². The summed E-state index contributed by atoms with van der Waals surface area (Å²) in [5.41, 5.74) is 5.29. The molecule has 0 aliphatic rings. The Balaban J connectivity index is 2.60. The van der Waals surface area contributed by atoms with Gasteiger partial charge < -0.3 is 10.5 Å². The van der Waals surface area contributed by atoms with E-state index in [-0.39, 0.29) is 21.5 Å². The summed E-state index contributed by atoms with van der Waals surface area (Å²) in [6.07, 6.45) is 0. The lowest BCUT2D eigenvalue weighted by Gasteiger charge is -2.14. The van der Waals surface area contributed by atoms with E-state index < -0.39 is 25.7 Å². The fourth-order valence-corrected chi connectivity index (χ4v) is 3.47. The molecule has 0 aliphatic carbocycles. The number of anilines is 1. The summed E-state index contributed by atoms with van der Waals surface area (Å²) in [6, 6.07) is 5.61. The summed E-state index contributed by atoms with van der Waals surface area (Å²) in [7, 11) is -4.69. The lowest BCUT2D eigenvalue weighted by Crippen LogP contribution is -2.06. The fourth-order valence-electron chi connectivity index (χ4n) is 1.61. The van der Waals surface area contributed by atoms with Gasteiger partial charge in [0.15, 0.2) is 5.75 Å². The van der Waals surface area contributed by atoms with Gasteiger partial charge in [0.25, 0.3) is 10.1 Å². The van der Waals surface area contributed by atoms with Gasteiger partial charge in [0, 0.05) is 11.1 Å². The van der Waals surface area contributed by atoms with Crippen molar-refractivity contribution < 1.29 is 17.7 Å². The average Bonchev–Trinajstić information content (AvgIpc) is 2.37. The summed E-state index contributed by atoms with van der Waals surface area (Å²) in [5, 5.41) is -0.00994. The molecule has 0 aromatic heterocycles. The normalized spacial score (nSPS) is 11.5. The molecule has 0 saturated heterocycles. The second-order valence-corrected chi connectivity index (χ2v) is 7.05. The molecule has 0 amide bonds. The fraction of sp³-hybridized carbons (Fsp3) is 0. The van der Waals surface area contributed by atoms with Crippen molar-refractivity contribution in [3.8, 4) is 11.5 Å². The predicted octanol–water partition coefficient (Wildman–Crippen LogP) is 4.92. The van der Waals surface area contributed by atoms with E-state index in [9.17, 15) is 13.0 Å². The second-order valence-electron chi connectivity index (χ2n) is 4.07. The van der Waals surface area contributed by atoms with Gasteiger partial charge in [-0.25, -0.2) is 0 Å². The largest absolute Gasteiger partial charge is 0.454 e. The van der Waals surface area contributed by atoms with Crippen molar-refractivity contribution in [2.24, 2.45) is 0 Å². The number of rotatable bonds is 3. The van der Waals surface area contributed by atoms with Crippen molar-refractivity contribution in [3.63, 3.8) is 0 Å². The highest BCUT2D eigenvalue weighted by molar-refractivity contribution is 7.86. The van der Waals surface area contributed by atoms with Gasteiger partial charge in [0.05, 0.1) is 20.8 Å². The molecule has 0 atom stereocenters. The van der Waals surface area contributed by atoms with Crippen LogP contribution < -0.4 is 10.5 Å². The molecular formula is C12H7Cl4NO4S. The molecule has 118 valence electrons. The molecule has 0 fully saturated rings. The monoisotopic (exact) mass is 401 g/mol. The van der Waals surface area contributed by atoms with Crippen LogP contribution in [0.25, 0.3) is 0 Å². The molecule has 10 heteroatoms. The third kappa shape index (κ3) is 3.53. The Bertz CT molecular complexity index is 855. The summed E-state index contributed by atoms with van der Waals surface area (Å²) >= 11 is 23.3. The minimum atomic E-state index is -4.69. The Kier molecular flexibility index (Phi) is 5.01. The Morgan fingerprint density at radius 2 is 1.64 bits per heavy atom. The first-order valence-electron chi connectivity index (χ1n) is 5.49. The number of ether oxygens (including phenoxy) is 1. The van der Waals surface area contributed by atoms with Crippen LogP contribution in [0.4, 0.5) is 5.69 Å². The number of nitrogens with two attached hydrogens (primary N) is 1. The maximum Gasteiger partial charge on any atom is 0.298 e. The Morgan fingerprint density at radius 1 is 1.00 bits per heavy atom. The maximum absolute atomic E-state index is 11.4. The number of halogens is 4. The lowest BCUT2D eigenvalue weighted by atomic mass is 10.3. The van der Waals surface area contributed by atoms with Gasteiger partial charge in [-0.2, -0.15) is 8.42 Å². The minimum absolute atomic E-state index is 0.133. The maximum atomic E-state index is 11.4. The van der Waals surface area contributed by atoms with E-state index in [1.165, 1.54) is 24.3 Å². The van der Waals surface area contributed by atoms with Crippen LogP contribution in [0.3, 0.4) is 0 Å². The molecule has 3 N–H and O–H groups in total. The highest BCUT2D eigenvalue weighted by Crippen LogP contribution is 2.43. The molecule has 0 spiro atoms. The number of hydrogen-bond donors (Lipinski definition) is 2. The third-order valence-electron chi connectivity index (χ3n) is 2.55. The lowest BCUT2D eigenvalue weighted by molar-refractivity contribution is 0.474. The summed E-state index contributed by atoms with van der Waals surface area (Å²) in [6.45, 7) is 0. The highest BCUT2D eigenvalue weighted by Gasteiger charge is 2.25. The van der Waals surface area contributed by atoms with E-state index in [0.29, 0.717) is 5.02 Å². The first-order valence-corrected chi connectivity index (χ1v) is 8.44. The zero-order valence-electron chi connectivity index (χ0n) is 10.5. The van der Waals surface area contributed by atoms with E-state index in [4.69, 9.17) is 56.9 Å². The van der Waals surface area contributed by atoms with E-state index in [1.54, 1.807) is 0 Å². The van der Waals surface area contributed by atoms with Crippen LogP contribution in [0.2, 0.25) is 20.1 Å². The van der Waals surface area contributed by atoms with Gasteiger partial charge in [0.1, 0.15) is 10.6 Å². The average molecular weight is 403 g/mol. The third-order valence-corrected chi connectivity index (χ3v) is 4.92. The standard InChI is InChI=1S/C12H7Cl4NO4S/c13-5-1-2-8(6(14)3-5)21-9-4-7(15)10(16)12(11(9)17)22(18,19)20/h1-4H,17H2,(H,18,19,20). The van der Waals surface area contributed by atoms with Crippen LogP contribution in [0.1, 0.15) is 0 Å². The Labute approximate surface area is 146 Å². The van der Waals surface area contributed by atoms with Crippen LogP contribution in [0, 0.1) is 0 Å². The molecule has 2 aromatic rings. The van der Waals surface area contributed by atoms with Crippen LogP contribution in [-0.4, -0.2) is 13.0 Å². The van der Waals surface area contributed by atoms with Crippen molar-refractivity contribution >= 4 is 62.2 Å². The van der Waals surface area contributed by atoms with Crippen LogP contribution >= 0.6 is 46.4 Å². The molecule has 0 unspecified atom stereocenters. The van der Waals surface area contributed by atoms with Crippen molar-refractivity contribution in [1.82, 2.24) is 0 Å². The molecule has 2 aromatic carbocycles. The summed E-state index contributed by atoms with van der Waals surface area (Å²) < 4.78 is 37.4. The number of nitrogen functional groups attached to an aromatic ring is 1. The zero-order chi connectivity index (χ0) is 16.7. The molecule has 0 bridgehead atoms. The smallest absolute Gasteiger partial charge is 0.298 e. The molecule has 5 nitrogen and oxygen atoms in total. The first-order chi connectivity index (χ1) is 10.1. The van der Waals surface area contributed by atoms with Crippen LogP contribution in [0.5, 0.6) is 11.5 Å². The van der Waals surface area contributed by atoms with Gasteiger partial charge in [-0.3, -0.25) is 4.55 Å². The van der Waals surface area contributed by atoms with Crippen molar-refractivity contribution in [2.45, 2.75) is 4.90 Å². The number of benzene rings is 2. The van der Waals surface area contributed by atoms with E-state index in [2.05, 4.69) is 0 Å². The zero-order valence-corrected chi connectivity index (χ0v) is 14.3. The number of hydrogen-bond acceptors (Lipinski definition) is 4. The molecule has 0 heterocycles. The predicted molar refractivity (Wildman–Crippen MR) is 87.2 cm³/mol. The second kappa shape index (κ2) is 6.31. The Morgan fingerprint density at radius 3 is 2.18 bits per heavy atom. The van der Waals surface area contributed by atoms with Gasteiger partial charge in [-0.1, -0.05) is 46.4 Å². The van der Waals surface area contributed by atoms with Gasteiger partial charge in [-0.15, -0.1) is 0 Å².